The Bertz CT molecular complexity index is 618. The molecule has 0 radical (unpaired) electrons. The van der Waals surface area contributed by atoms with Gasteiger partial charge in [0.1, 0.15) is 11.6 Å². The lowest BCUT2D eigenvalue weighted by Gasteiger charge is -2.11. The van der Waals surface area contributed by atoms with Crippen LogP contribution in [0.15, 0.2) is 12.4 Å². The van der Waals surface area contributed by atoms with Crippen LogP contribution < -0.4 is 10.1 Å². The van der Waals surface area contributed by atoms with E-state index in [4.69, 9.17) is 4.74 Å². The van der Waals surface area contributed by atoms with Gasteiger partial charge in [-0.1, -0.05) is 0 Å². The van der Waals surface area contributed by atoms with E-state index in [-0.39, 0.29) is 0 Å². The van der Waals surface area contributed by atoms with E-state index in [1.807, 2.05) is 31.8 Å². The lowest BCUT2D eigenvalue weighted by atomic mass is 10.3. The maximum atomic E-state index is 5.88. The number of hydrogen-bond acceptors (Lipinski definition) is 5. The van der Waals surface area contributed by atoms with Crippen LogP contribution in [0.5, 0.6) is 11.6 Å². The monoisotopic (exact) mass is 273 g/mol. The third-order valence-corrected chi connectivity index (χ3v) is 3.45. The topological polar surface area (TPSA) is 64.9 Å². The Morgan fingerprint density at radius 2 is 2.20 bits per heavy atom. The molecule has 0 amide bonds. The standard InChI is InChI=1S/C14H19N5O/c1-4-19-8-11(7-16-19)20-14-9(2)12(15-3)17-13(18-14)10-5-6-10/h7-8,10H,4-6H2,1-3H3,(H,15,17,18). The molecule has 1 saturated carbocycles. The number of nitrogens with one attached hydrogen (secondary N) is 1. The van der Waals surface area contributed by atoms with Gasteiger partial charge in [0.25, 0.3) is 0 Å². The van der Waals surface area contributed by atoms with Crippen LogP contribution in [0, 0.1) is 6.92 Å². The molecule has 0 aromatic carbocycles. The molecular weight excluding hydrogens is 254 g/mol. The van der Waals surface area contributed by atoms with Crippen molar-refractivity contribution in [3.63, 3.8) is 0 Å². The first-order valence-electron chi connectivity index (χ1n) is 6.97. The van der Waals surface area contributed by atoms with Crippen molar-refractivity contribution in [2.45, 2.75) is 39.2 Å². The average Bonchev–Trinajstić information content (AvgIpc) is 3.21. The van der Waals surface area contributed by atoms with E-state index in [1.54, 1.807) is 6.20 Å². The zero-order valence-electron chi connectivity index (χ0n) is 12.1. The summed E-state index contributed by atoms with van der Waals surface area (Å²) in [6.07, 6.45) is 5.91. The largest absolute Gasteiger partial charge is 0.435 e. The Labute approximate surface area is 118 Å². The molecule has 0 spiro atoms. The molecule has 0 unspecified atom stereocenters. The van der Waals surface area contributed by atoms with Gasteiger partial charge in [0.2, 0.25) is 5.88 Å². The van der Waals surface area contributed by atoms with Crippen LogP contribution in [-0.2, 0) is 6.54 Å². The Morgan fingerprint density at radius 3 is 2.80 bits per heavy atom. The molecule has 6 nitrogen and oxygen atoms in total. The molecule has 20 heavy (non-hydrogen) atoms. The third-order valence-electron chi connectivity index (χ3n) is 3.45. The Balaban J connectivity index is 1.92. The van der Waals surface area contributed by atoms with E-state index >= 15 is 0 Å². The number of nitrogens with zero attached hydrogens (tertiary/aromatic N) is 4. The third kappa shape index (κ3) is 2.45. The Kier molecular flexibility index (Phi) is 3.30. The molecule has 1 fully saturated rings. The first kappa shape index (κ1) is 12.9. The van der Waals surface area contributed by atoms with Gasteiger partial charge >= 0.3 is 0 Å². The van der Waals surface area contributed by atoms with Crippen LogP contribution in [0.3, 0.4) is 0 Å². The quantitative estimate of drug-likeness (QED) is 0.907. The van der Waals surface area contributed by atoms with Crippen LogP contribution in [0.4, 0.5) is 5.82 Å². The predicted octanol–water partition coefficient (Wildman–Crippen LogP) is 2.71. The van der Waals surface area contributed by atoms with E-state index in [2.05, 4.69) is 20.4 Å². The number of aryl methyl sites for hydroxylation is 1. The van der Waals surface area contributed by atoms with Gasteiger partial charge in [-0.3, -0.25) is 4.68 Å². The molecule has 2 heterocycles. The molecule has 1 N–H and O–H groups in total. The summed E-state index contributed by atoms with van der Waals surface area (Å²) in [7, 11) is 1.87. The number of aromatic nitrogens is 4. The van der Waals surface area contributed by atoms with E-state index in [0.717, 1.165) is 23.8 Å². The van der Waals surface area contributed by atoms with Crippen LogP contribution in [0.2, 0.25) is 0 Å². The highest BCUT2D eigenvalue weighted by atomic mass is 16.5. The predicted molar refractivity (Wildman–Crippen MR) is 76.3 cm³/mol. The highest BCUT2D eigenvalue weighted by Gasteiger charge is 2.28. The molecule has 2 aromatic heterocycles. The molecule has 1 aliphatic rings. The van der Waals surface area contributed by atoms with Crippen molar-refractivity contribution >= 4 is 5.82 Å². The molecule has 0 atom stereocenters. The highest BCUT2D eigenvalue weighted by molar-refractivity contribution is 5.49. The summed E-state index contributed by atoms with van der Waals surface area (Å²) in [6, 6.07) is 0. The van der Waals surface area contributed by atoms with E-state index in [0.29, 0.717) is 17.5 Å². The molecule has 1 aliphatic carbocycles. The van der Waals surface area contributed by atoms with Crippen molar-refractivity contribution in [1.29, 1.82) is 0 Å². The van der Waals surface area contributed by atoms with Crippen molar-refractivity contribution in [3.05, 3.63) is 23.8 Å². The van der Waals surface area contributed by atoms with Gasteiger partial charge in [-0.15, -0.1) is 0 Å². The smallest absolute Gasteiger partial charge is 0.227 e. The molecule has 2 aromatic rings. The van der Waals surface area contributed by atoms with E-state index in [9.17, 15) is 0 Å². The van der Waals surface area contributed by atoms with Crippen molar-refractivity contribution in [3.8, 4) is 11.6 Å². The zero-order chi connectivity index (χ0) is 14.1. The first-order valence-corrected chi connectivity index (χ1v) is 6.97. The molecule has 0 aliphatic heterocycles. The van der Waals surface area contributed by atoms with Crippen LogP contribution >= 0.6 is 0 Å². The number of ether oxygens (including phenoxy) is 1. The molecule has 106 valence electrons. The second-order valence-electron chi connectivity index (χ2n) is 5.02. The van der Waals surface area contributed by atoms with Crippen molar-refractivity contribution in [1.82, 2.24) is 19.7 Å². The number of anilines is 1. The van der Waals surface area contributed by atoms with Crippen molar-refractivity contribution in [2.75, 3.05) is 12.4 Å². The van der Waals surface area contributed by atoms with E-state index in [1.165, 1.54) is 12.8 Å². The summed E-state index contributed by atoms with van der Waals surface area (Å²) in [5.74, 6) is 3.51. The summed E-state index contributed by atoms with van der Waals surface area (Å²) in [4.78, 5) is 9.12. The highest BCUT2D eigenvalue weighted by Crippen LogP contribution is 2.40. The molecular formula is C14H19N5O. The summed E-state index contributed by atoms with van der Waals surface area (Å²) < 4.78 is 7.70. The SMILES string of the molecule is CCn1cc(Oc2nc(C3CC3)nc(NC)c2C)cn1. The normalized spacial score (nSPS) is 14.3. The minimum Gasteiger partial charge on any atom is -0.435 e. The lowest BCUT2D eigenvalue weighted by molar-refractivity contribution is 0.453. The summed E-state index contributed by atoms with van der Waals surface area (Å²) in [5.41, 5.74) is 0.918. The minimum atomic E-state index is 0.489. The number of rotatable bonds is 5. The molecule has 6 heteroatoms. The van der Waals surface area contributed by atoms with E-state index < -0.39 is 0 Å². The van der Waals surface area contributed by atoms with Gasteiger partial charge < -0.3 is 10.1 Å². The van der Waals surface area contributed by atoms with Gasteiger partial charge in [0.15, 0.2) is 5.75 Å². The molecule has 0 bridgehead atoms. The maximum absolute atomic E-state index is 5.88. The minimum absolute atomic E-state index is 0.489. The van der Waals surface area contributed by atoms with Gasteiger partial charge in [-0.25, -0.2) is 4.98 Å². The summed E-state index contributed by atoms with van der Waals surface area (Å²) >= 11 is 0. The van der Waals surface area contributed by atoms with Gasteiger partial charge in [-0.2, -0.15) is 10.1 Å². The van der Waals surface area contributed by atoms with Crippen LogP contribution in [0.25, 0.3) is 0 Å². The fourth-order valence-corrected chi connectivity index (χ4v) is 2.06. The Hall–Kier alpha value is -2.11. The fraction of sp³-hybridized carbons (Fsp3) is 0.500. The average molecular weight is 273 g/mol. The Morgan fingerprint density at radius 1 is 1.40 bits per heavy atom. The zero-order valence-corrected chi connectivity index (χ0v) is 12.1. The summed E-state index contributed by atoms with van der Waals surface area (Å²) in [6.45, 7) is 4.82. The second-order valence-corrected chi connectivity index (χ2v) is 5.02. The molecule has 3 rings (SSSR count). The van der Waals surface area contributed by atoms with Gasteiger partial charge in [0.05, 0.1) is 18.0 Å². The van der Waals surface area contributed by atoms with Gasteiger partial charge in [-0.05, 0) is 26.7 Å². The van der Waals surface area contributed by atoms with Crippen LogP contribution in [-0.4, -0.2) is 26.8 Å². The van der Waals surface area contributed by atoms with Crippen molar-refractivity contribution in [2.24, 2.45) is 0 Å². The lowest BCUT2D eigenvalue weighted by Crippen LogP contribution is -2.04. The second kappa shape index (κ2) is 5.11. The summed E-state index contributed by atoms with van der Waals surface area (Å²) in [5, 5.41) is 7.31. The fourth-order valence-electron chi connectivity index (χ4n) is 2.06. The van der Waals surface area contributed by atoms with Crippen LogP contribution in [0.1, 0.15) is 37.1 Å². The first-order chi connectivity index (χ1) is 9.71. The number of hydrogen-bond donors (Lipinski definition) is 1. The van der Waals surface area contributed by atoms with Crippen molar-refractivity contribution < 1.29 is 4.74 Å². The molecule has 0 saturated heterocycles. The maximum Gasteiger partial charge on any atom is 0.227 e. The van der Waals surface area contributed by atoms with Gasteiger partial charge in [0, 0.05) is 19.5 Å².